The number of aryl methyl sites for hydroxylation is 1. The highest BCUT2D eigenvalue weighted by Gasteiger charge is 2.36. The fourth-order valence-corrected chi connectivity index (χ4v) is 4.57. The minimum Gasteiger partial charge on any atom is -0.339 e. The van der Waals surface area contributed by atoms with Crippen LogP contribution in [0.5, 0.6) is 0 Å². The molecular weight excluding hydrogens is 402 g/mol. The third-order valence-electron chi connectivity index (χ3n) is 4.84. The Labute approximate surface area is 171 Å². The van der Waals surface area contributed by atoms with Gasteiger partial charge in [-0.1, -0.05) is 11.6 Å². The zero-order valence-corrected chi connectivity index (χ0v) is 17.1. The van der Waals surface area contributed by atoms with E-state index in [2.05, 4.69) is 0 Å². The molecule has 28 heavy (non-hydrogen) atoms. The number of rotatable bonds is 5. The van der Waals surface area contributed by atoms with E-state index in [4.69, 9.17) is 11.6 Å². The molecule has 1 unspecified atom stereocenters. The number of carbonyl (C=O) groups excluding carboxylic acids is 2. The van der Waals surface area contributed by atoms with Gasteiger partial charge in [0.15, 0.2) is 0 Å². The van der Waals surface area contributed by atoms with Crippen LogP contribution in [0.15, 0.2) is 30.3 Å². The molecule has 1 aliphatic rings. The first-order valence-electron chi connectivity index (χ1n) is 8.83. The monoisotopic (exact) mass is 421 g/mol. The Balaban J connectivity index is 1.74. The molecular formula is C19H20ClN3O4S. The van der Waals surface area contributed by atoms with Gasteiger partial charge in [-0.25, -0.2) is 0 Å². The zero-order chi connectivity index (χ0) is 20.4. The fraction of sp³-hybridized carbons (Fsp3) is 0.368. The second-order valence-corrected chi connectivity index (χ2v) is 8.61. The number of nitrogens with zero attached hydrogens (tertiary/aromatic N) is 3. The van der Waals surface area contributed by atoms with Gasteiger partial charge >= 0.3 is 0 Å². The standard InChI is InChI=1S/C19H20ClN3O4S/c1-12-10-13(5-7-15(12)23(26)27)18(24)22-9-3-4-16(22)19(25)21(2)11-14-6-8-17(20)28-14/h5-8,10,16H,3-4,9,11H2,1-2H3. The van der Waals surface area contributed by atoms with E-state index in [1.807, 2.05) is 6.07 Å². The number of nitro groups is 1. The molecule has 1 atom stereocenters. The summed E-state index contributed by atoms with van der Waals surface area (Å²) in [6.07, 6.45) is 1.35. The van der Waals surface area contributed by atoms with Crippen LogP contribution in [0.2, 0.25) is 4.34 Å². The number of hydrogen-bond donors (Lipinski definition) is 0. The molecule has 0 aliphatic carbocycles. The highest BCUT2D eigenvalue weighted by Crippen LogP contribution is 2.26. The van der Waals surface area contributed by atoms with Crippen molar-refractivity contribution in [2.24, 2.45) is 0 Å². The summed E-state index contributed by atoms with van der Waals surface area (Å²) in [5.41, 5.74) is 0.750. The molecule has 148 valence electrons. The average Bonchev–Trinajstić information content (AvgIpc) is 3.29. The van der Waals surface area contributed by atoms with Crippen LogP contribution in [-0.4, -0.2) is 46.2 Å². The minimum absolute atomic E-state index is 0.0278. The highest BCUT2D eigenvalue weighted by molar-refractivity contribution is 7.16. The molecule has 2 heterocycles. The Hall–Kier alpha value is -2.45. The van der Waals surface area contributed by atoms with E-state index < -0.39 is 11.0 Å². The van der Waals surface area contributed by atoms with Crippen LogP contribution in [0.25, 0.3) is 0 Å². The van der Waals surface area contributed by atoms with Crippen molar-refractivity contribution in [2.45, 2.75) is 32.4 Å². The van der Waals surface area contributed by atoms with E-state index in [1.54, 1.807) is 29.8 Å². The summed E-state index contributed by atoms with van der Waals surface area (Å²) in [6, 6.07) is 7.45. The zero-order valence-electron chi connectivity index (χ0n) is 15.6. The average molecular weight is 422 g/mol. The van der Waals surface area contributed by atoms with Crippen molar-refractivity contribution in [3.8, 4) is 0 Å². The van der Waals surface area contributed by atoms with Crippen molar-refractivity contribution < 1.29 is 14.5 Å². The lowest BCUT2D eigenvalue weighted by atomic mass is 10.1. The van der Waals surface area contributed by atoms with Crippen LogP contribution in [-0.2, 0) is 11.3 Å². The summed E-state index contributed by atoms with van der Waals surface area (Å²) >= 11 is 7.37. The normalized spacial score (nSPS) is 16.2. The summed E-state index contributed by atoms with van der Waals surface area (Å²) in [6.45, 7) is 2.52. The van der Waals surface area contributed by atoms with E-state index in [9.17, 15) is 19.7 Å². The lowest BCUT2D eigenvalue weighted by Crippen LogP contribution is -2.46. The van der Waals surface area contributed by atoms with Gasteiger partial charge < -0.3 is 9.80 Å². The molecule has 1 saturated heterocycles. The van der Waals surface area contributed by atoms with Crippen LogP contribution in [0, 0.1) is 17.0 Å². The number of thiophene rings is 1. The molecule has 2 amide bonds. The number of nitro benzene ring substituents is 1. The van der Waals surface area contributed by atoms with Crippen molar-refractivity contribution in [3.05, 3.63) is 60.8 Å². The first-order chi connectivity index (χ1) is 13.3. The van der Waals surface area contributed by atoms with Gasteiger partial charge in [-0.15, -0.1) is 11.3 Å². The molecule has 1 aliphatic heterocycles. The van der Waals surface area contributed by atoms with Gasteiger partial charge in [0.1, 0.15) is 6.04 Å². The van der Waals surface area contributed by atoms with E-state index in [1.165, 1.54) is 29.5 Å². The first kappa shape index (κ1) is 20.3. The first-order valence-corrected chi connectivity index (χ1v) is 10.0. The van der Waals surface area contributed by atoms with Crippen molar-refractivity contribution in [1.29, 1.82) is 0 Å². The third kappa shape index (κ3) is 4.18. The van der Waals surface area contributed by atoms with Gasteiger partial charge in [0.2, 0.25) is 5.91 Å². The maximum Gasteiger partial charge on any atom is 0.272 e. The third-order valence-corrected chi connectivity index (χ3v) is 6.05. The van der Waals surface area contributed by atoms with Crippen LogP contribution in [0.1, 0.15) is 33.6 Å². The van der Waals surface area contributed by atoms with Crippen LogP contribution < -0.4 is 0 Å². The maximum atomic E-state index is 12.9. The van der Waals surface area contributed by atoms with E-state index in [0.29, 0.717) is 35.0 Å². The number of likely N-dealkylation sites (tertiary alicyclic amines) is 1. The molecule has 1 aromatic heterocycles. The van der Waals surface area contributed by atoms with E-state index >= 15 is 0 Å². The predicted octanol–water partition coefficient (Wildman–Crippen LogP) is 3.88. The van der Waals surface area contributed by atoms with Crippen molar-refractivity contribution in [2.75, 3.05) is 13.6 Å². The second-order valence-electron chi connectivity index (χ2n) is 6.82. The number of halogens is 1. The highest BCUT2D eigenvalue weighted by atomic mass is 35.5. The molecule has 7 nitrogen and oxygen atoms in total. The summed E-state index contributed by atoms with van der Waals surface area (Å²) in [5.74, 6) is -0.393. The quantitative estimate of drug-likeness (QED) is 0.541. The maximum absolute atomic E-state index is 12.9. The Morgan fingerprint density at radius 3 is 2.71 bits per heavy atom. The molecule has 0 radical (unpaired) electrons. The number of hydrogen-bond acceptors (Lipinski definition) is 5. The van der Waals surface area contributed by atoms with Crippen LogP contribution in [0.3, 0.4) is 0 Å². The Morgan fingerprint density at radius 2 is 2.11 bits per heavy atom. The van der Waals surface area contributed by atoms with Crippen molar-refractivity contribution in [3.63, 3.8) is 0 Å². The summed E-state index contributed by atoms with van der Waals surface area (Å²) in [5, 5.41) is 11.0. The lowest BCUT2D eigenvalue weighted by molar-refractivity contribution is -0.385. The van der Waals surface area contributed by atoms with Crippen LogP contribution in [0.4, 0.5) is 5.69 Å². The molecule has 3 rings (SSSR count). The number of likely N-dealkylation sites (N-methyl/N-ethyl adjacent to an activating group) is 1. The van der Waals surface area contributed by atoms with Gasteiger partial charge in [-0.3, -0.25) is 19.7 Å². The van der Waals surface area contributed by atoms with Gasteiger partial charge in [0.05, 0.1) is 15.8 Å². The molecule has 9 heteroatoms. The molecule has 0 spiro atoms. The molecule has 2 aromatic rings. The molecule has 1 aromatic carbocycles. The summed E-state index contributed by atoms with van der Waals surface area (Å²) in [4.78, 5) is 40.5. The lowest BCUT2D eigenvalue weighted by Gasteiger charge is -2.28. The Bertz CT molecular complexity index is 930. The summed E-state index contributed by atoms with van der Waals surface area (Å²) < 4.78 is 0.669. The van der Waals surface area contributed by atoms with Gasteiger partial charge in [-0.2, -0.15) is 0 Å². The Kier molecular flexibility index (Phi) is 6.00. The summed E-state index contributed by atoms with van der Waals surface area (Å²) in [7, 11) is 1.72. The number of carbonyl (C=O) groups is 2. The second kappa shape index (κ2) is 8.28. The Morgan fingerprint density at radius 1 is 1.36 bits per heavy atom. The topological polar surface area (TPSA) is 83.8 Å². The smallest absolute Gasteiger partial charge is 0.272 e. The van der Waals surface area contributed by atoms with Crippen LogP contribution >= 0.6 is 22.9 Å². The molecule has 0 saturated carbocycles. The number of amides is 2. The van der Waals surface area contributed by atoms with Crippen molar-refractivity contribution >= 4 is 40.4 Å². The molecule has 0 N–H and O–H groups in total. The minimum atomic E-state index is -0.525. The van der Waals surface area contributed by atoms with Gasteiger partial charge in [0, 0.05) is 35.7 Å². The van der Waals surface area contributed by atoms with E-state index in [-0.39, 0.29) is 17.5 Å². The molecule has 0 bridgehead atoms. The van der Waals surface area contributed by atoms with Crippen molar-refractivity contribution in [1.82, 2.24) is 9.80 Å². The SMILES string of the molecule is Cc1cc(C(=O)N2CCCC2C(=O)N(C)Cc2ccc(Cl)s2)ccc1[N+](=O)[O-]. The van der Waals surface area contributed by atoms with Gasteiger partial charge in [0.25, 0.3) is 11.6 Å². The van der Waals surface area contributed by atoms with Gasteiger partial charge in [-0.05, 0) is 44.0 Å². The fourth-order valence-electron chi connectivity index (χ4n) is 3.43. The molecule has 1 fully saturated rings. The van der Waals surface area contributed by atoms with E-state index in [0.717, 1.165) is 11.3 Å². The predicted molar refractivity (Wildman–Crippen MR) is 108 cm³/mol. The number of benzene rings is 1. The largest absolute Gasteiger partial charge is 0.339 e.